The van der Waals surface area contributed by atoms with Crippen LogP contribution in [0.5, 0.6) is 0 Å². The lowest BCUT2D eigenvalue weighted by Crippen LogP contribution is -2.50. The number of rotatable bonds is 7. The van der Waals surface area contributed by atoms with Crippen molar-refractivity contribution in [3.63, 3.8) is 0 Å². The van der Waals surface area contributed by atoms with Crippen LogP contribution < -0.4 is 0 Å². The SMILES string of the molecule is COCCOCCC(=O)N1CCC(C)CC1C(=O)O. The van der Waals surface area contributed by atoms with Crippen molar-refractivity contribution < 1.29 is 24.2 Å². The van der Waals surface area contributed by atoms with Crippen LogP contribution >= 0.6 is 0 Å². The van der Waals surface area contributed by atoms with E-state index in [0.717, 1.165) is 6.42 Å². The van der Waals surface area contributed by atoms with Gasteiger partial charge in [-0.3, -0.25) is 4.79 Å². The van der Waals surface area contributed by atoms with Crippen LogP contribution in [0.25, 0.3) is 0 Å². The molecule has 1 aliphatic rings. The number of carbonyl (C=O) groups excluding carboxylic acids is 1. The van der Waals surface area contributed by atoms with Crippen molar-refractivity contribution in [2.45, 2.75) is 32.2 Å². The van der Waals surface area contributed by atoms with E-state index in [0.29, 0.717) is 38.7 Å². The van der Waals surface area contributed by atoms with E-state index in [1.165, 1.54) is 4.90 Å². The predicted molar refractivity (Wildman–Crippen MR) is 68.8 cm³/mol. The van der Waals surface area contributed by atoms with E-state index in [1.54, 1.807) is 7.11 Å². The second-order valence-corrected chi connectivity index (χ2v) is 4.93. The summed E-state index contributed by atoms with van der Waals surface area (Å²) in [6.07, 6.45) is 1.62. The highest BCUT2D eigenvalue weighted by atomic mass is 16.5. The molecule has 0 bridgehead atoms. The molecule has 0 spiro atoms. The highest BCUT2D eigenvalue weighted by molar-refractivity contribution is 5.83. The summed E-state index contributed by atoms with van der Waals surface area (Å²) in [5, 5.41) is 9.18. The molecule has 110 valence electrons. The number of carbonyl (C=O) groups is 2. The summed E-state index contributed by atoms with van der Waals surface area (Å²) in [5.74, 6) is -0.708. The second-order valence-electron chi connectivity index (χ2n) is 4.93. The number of carboxylic acid groups (broad SMARTS) is 1. The lowest BCUT2D eigenvalue weighted by atomic mass is 9.92. The van der Waals surface area contributed by atoms with Crippen LogP contribution in [0, 0.1) is 5.92 Å². The molecule has 1 amide bonds. The molecule has 6 heteroatoms. The van der Waals surface area contributed by atoms with Gasteiger partial charge in [-0.2, -0.15) is 0 Å². The van der Waals surface area contributed by atoms with Gasteiger partial charge in [-0.15, -0.1) is 0 Å². The Kier molecular flexibility index (Phi) is 6.80. The van der Waals surface area contributed by atoms with Gasteiger partial charge in [-0.1, -0.05) is 6.92 Å². The summed E-state index contributed by atoms with van der Waals surface area (Å²) in [7, 11) is 1.58. The lowest BCUT2D eigenvalue weighted by molar-refractivity contribution is -0.153. The number of hydrogen-bond acceptors (Lipinski definition) is 4. The molecule has 1 saturated heterocycles. The van der Waals surface area contributed by atoms with Gasteiger partial charge in [0.1, 0.15) is 6.04 Å². The van der Waals surface area contributed by atoms with Crippen molar-refractivity contribution in [3.8, 4) is 0 Å². The second kappa shape index (κ2) is 8.12. The topological polar surface area (TPSA) is 76.1 Å². The average Bonchev–Trinajstić information content (AvgIpc) is 2.38. The molecule has 0 aromatic rings. The molecule has 0 saturated carbocycles. The van der Waals surface area contributed by atoms with E-state index >= 15 is 0 Å². The van der Waals surface area contributed by atoms with Crippen LogP contribution in [-0.2, 0) is 19.1 Å². The molecule has 0 radical (unpaired) electrons. The number of methoxy groups -OCH3 is 1. The zero-order valence-electron chi connectivity index (χ0n) is 11.6. The maximum absolute atomic E-state index is 12.0. The lowest BCUT2D eigenvalue weighted by Gasteiger charge is -2.36. The monoisotopic (exact) mass is 273 g/mol. The first-order valence-corrected chi connectivity index (χ1v) is 6.65. The highest BCUT2D eigenvalue weighted by Crippen LogP contribution is 2.23. The summed E-state index contributed by atoms with van der Waals surface area (Å²) in [5.41, 5.74) is 0. The van der Waals surface area contributed by atoms with Crippen molar-refractivity contribution in [3.05, 3.63) is 0 Å². The molecule has 2 atom stereocenters. The molecule has 19 heavy (non-hydrogen) atoms. The number of nitrogens with zero attached hydrogens (tertiary/aromatic N) is 1. The molecule has 0 aromatic carbocycles. The molecule has 1 aliphatic heterocycles. The van der Waals surface area contributed by atoms with Crippen molar-refractivity contribution in [2.24, 2.45) is 5.92 Å². The molecule has 1 fully saturated rings. The molecule has 0 aliphatic carbocycles. The number of aliphatic carboxylic acids is 1. The maximum Gasteiger partial charge on any atom is 0.326 e. The first-order valence-electron chi connectivity index (χ1n) is 6.65. The zero-order chi connectivity index (χ0) is 14.3. The van der Waals surface area contributed by atoms with Gasteiger partial charge in [0.25, 0.3) is 0 Å². The summed E-state index contributed by atoms with van der Waals surface area (Å²) < 4.78 is 10.1. The molecule has 1 rings (SSSR count). The fourth-order valence-electron chi connectivity index (χ4n) is 2.22. The molecule has 1 N–H and O–H groups in total. The van der Waals surface area contributed by atoms with Crippen LogP contribution in [-0.4, -0.2) is 61.4 Å². The number of likely N-dealkylation sites (tertiary alicyclic amines) is 1. The summed E-state index contributed by atoms with van der Waals surface area (Å²) in [6, 6.07) is -0.685. The van der Waals surface area contributed by atoms with E-state index in [2.05, 4.69) is 0 Å². The number of ether oxygens (including phenoxy) is 2. The van der Waals surface area contributed by atoms with Crippen molar-refractivity contribution in [1.82, 2.24) is 4.90 Å². The Hall–Kier alpha value is -1.14. The van der Waals surface area contributed by atoms with Gasteiger partial charge >= 0.3 is 5.97 Å². The number of amides is 1. The zero-order valence-corrected chi connectivity index (χ0v) is 11.6. The molecule has 0 aromatic heterocycles. The van der Waals surface area contributed by atoms with E-state index < -0.39 is 12.0 Å². The van der Waals surface area contributed by atoms with Crippen LogP contribution in [0.4, 0.5) is 0 Å². The summed E-state index contributed by atoms with van der Waals surface area (Å²) >= 11 is 0. The first kappa shape index (κ1) is 15.9. The van der Waals surface area contributed by atoms with Gasteiger partial charge in [0.05, 0.1) is 26.2 Å². The van der Waals surface area contributed by atoms with Gasteiger partial charge < -0.3 is 19.5 Å². The van der Waals surface area contributed by atoms with Gasteiger partial charge in [0.15, 0.2) is 0 Å². The first-order chi connectivity index (χ1) is 9.06. The molecular formula is C13H23NO5. The predicted octanol–water partition coefficient (Wildman–Crippen LogP) is 0.751. The van der Waals surface area contributed by atoms with Crippen LogP contribution in [0.2, 0.25) is 0 Å². The Labute approximate surface area is 113 Å². The smallest absolute Gasteiger partial charge is 0.326 e. The van der Waals surface area contributed by atoms with Crippen LogP contribution in [0.3, 0.4) is 0 Å². The van der Waals surface area contributed by atoms with Gasteiger partial charge in [-0.05, 0) is 18.8 Å². The number of piperidine rings is 1. The van der Waals surface area contributed by atoms with E-state index in [1.807, 2.05) is 6.92 Å². The summed E-state index contributed by atoms with van der Waals surface area (Å²) in [4.78, 5) is 24.7. The minimum absolute atomic E-state index is 0.142. The van der Waals surface area contributed by atoms with Crippen molar-refractivity contribution in [1.29, 1.82) is 0 Å². The number of carboxylic acids is 1. The standard InChI is InChI=1S/C13H23NO5/c1-10-3-5-14(11(9-10)13(16)17)12(15)4-6-19-8-7-18-2/h10-11H,3-9H2,1-2H3,(H,16,17). The Morgan fingerprint density at radius 1 is 1.32 bits per heavy atom. The molecular weight excluding hydrogens is 250 g/mol. The van der Waals surface area contributed by atoms with E-state index in [-0.39, 0.29) is 12.3 Å². The fraction of sp³-hybridized carbons (Fsp3) is 0.846. The van der Waals surface area contributed by atoms with Gasteiger partial charge in [-0.25, -0.2) is 4.79 Å². The maximum atomic E-state index is 12.0. The number of hydrogen-bond donors (Lipinski definition) is 1. The Bertz CT molecular complexity index is 307. The van der Waals surface area contributed by atoms with Gasteiger partial charge in [0.2, 0.25) is 5.91 Å². The third-order valence-electron chi connectivity index (χ3n) is 3.36. The van der Waals surface area contributed by atoms with E-state index in [9.17, 15) is 14.7 Å². The largest absolute Gasteiger partial charge is 0.480 e. The molecule has 1 heterocycles. The summed E-state index contributed by atoms with van der Waals surface area (Å²) in [6.45, 7) is 3.79. The molecule has 2 unspecified atom stereocenters. The average molecular weight is 273 g/mol. The fourth-order valence-corrected chi connectivity index (χ4v) is 2.22. The Balaban J connectivity index is 2.38. The quantitative estimate of drug-likeness (QED) is 0.693. The van der Waals surface area contributed by atoms with Crippen molar-refractivity contribution in [2.75, 3.05) is 33.5 Å². The molecule has 6 nitrogen and oxygen atoms in total. The minimum atomic E-state index is -0.916. The van der Waals surface area contributed by atoms with Crippen LogP contribution in [0.15, 0.2) is 0 Å². The van der Waals surface area contributed by atoms with Crippen molar-refractivity contribution >= 4 is 11.9 Å². The highest BCUT2D eigenvalue weighted by Gasteiger charge is 2.34. The third kappa shape index (κ3) is 5.16. The minimum Gasteiger partial charge on any atom is -0.480 e. The third-order valence-corrected chi connectivity index (χ3v) is 3.36. The Morgan fingerprint density at radius 2 is 2.05 bits per heavy atom. The van der Waals surface area contributed by atoms with Crippen LogP contribution in [0.1, 0.15) is 26.2 Å². The Morgan fingerprint density at radius 3 is 2.68 bits per heavy atom. The normalized spacial score (nSPS) is 23.4. The van der Waals surface area contributed by atoms with Gasteiger partial charge in [0, 0.05) is 13.7 Å². The van der Waals surface area contributed by atoms with E-state index in [4.69, 9.17) is 9.47 Å².